The lowest BCUT2D eigenvalue weighted by Gasteiger charge is -2.20. The fourth-order valence-corrected chi connectivity index (χ4v) is 5.81. The van der Waals surface area contributed by atoms with Crippen LogP contribution in [-0.4, -0.2) is 38.4 Å². The van der Waals surface area contributed by atoms with Crippen LogP contribution >= 0.6 is 12.4 Å². The number of hydrogen-bond donors (Lipinski definition) is 1. The van der Waals surface area contributed by atoms with Gasteiger partial charge in [-0.2, -0.15) is 0 Å². The standard InChI is InChI=1S/C21H24N2O3S.ClH/c22-20-11-10-15-12-23(13-19(15)20)21(24)18-9-5-4-6-16(18)14-27(25,26)17-7-2-1-3-8-17;/h1-9,15,19-20H,10-14,22H2;1H. The molecule has 4 rings (SSSR count). The second kappa shape index (κ2) is 8.23. The number of nitrogens with zero attached hydrogens (tertiary/aromatic N) is 1. The topological polar surface area (TPSA) is 80.5 Å². The summed E-state index contributed by atoms with van der Waals surface area (Å²) in [4.78, 5) is 15.2. The molecule has 0 aromatic heterocycles. The summed E-state index contributed by atoms with van der Waals surface area (Å²) in [6.07, 6.45) is 2.10. The number of amides is 1. The quantitative estimate of drug-likeness (QED) is 0.824. The van der Waals surface area contributed by atoms with Gasteiger partial charge in [-0.25, -0.2) is 8.42 Å². The van der Waals surface area contributed by atoms with Crippen LogP contribution in [-0.2, 0) is 15.6 Å². The van der Waals surface area contributed by atoms with Crippen molar-refractivity contribution in [1.29, 1.82) is 0 Å². The predicted octanol–water partition coefficient (Wildman–Crippen LogP) is 2.89. The van der Waals surface area contributed by atoms with Crippen molar-refractivity contribution in [3.8, 4) is 0 Å². The van der Waals surface area contributed by atoms with Gasteiger partial charge in [-0.15, -0.1) is 12.4 Å². The van der Waals surface area contributed by atoms with Gasteiger partial charge in [-0.1, -0.05) is 36.4 Å². The van der Waals surface area contributed by atoms with Crippen LogP contribution in [0.2, 0.25) is 0 Å². The highest BCUT2D eigenvalue weighted by Gasteiger charge is 2.42. The number of likely N-dealkylation sites (tertiary alicyclic amines) is 1. The zero-order valence-corrected chi connectivity index (χ0v) is 17.2. The van der Waals surface area contributed by atoms with E-state index in [1.165, 1.54) is 0 Å². The van der Waals surface area contributed by atoms with Crippen LogP contribution in [0, 0.1) is 11.8 Å². The lowest BCUT2D eigenvalue weighted by Crippen LogP contribution is -2.34. The van der Waals surface area contributed by atoms with E-state index >= 15 is 0 Å². The summed E-state index contributed by atoms with van der Waals surface area (Å²) in [6, 6.07) is 15.6. The van der Waals surface area contributed by atoms with Gasteiger partial charge in [0.1, 0.15) is 0 Å². The van der Waals surface area contributed by atoms with Gasteiger partial charge in [0.15, 0.2) is 9.84 Å². The van der Waals surface area contributed by atoms with Crippen molar-refractivity contribution in [1.82, 2.24) is 4.90 Å². The average molecular weight is 421 g/mol. The minimum atomic E-state index is -3.51. The lowest BCUT2D eigenvalue weighted by atomic mass is 9.98. The van der Waals surface area contributed by atoms with Crippen LogP contribution in [0.25, 0.3) is 0 Å². The third kappa shape index (κ3) is 3.95. The molecule has 1 amide bonds. The summed E-state index contributed by atoms with van der Waals surface area (Å²) in [5.74, 6) is 0.577. The highest BCUT2D eigenvalue weighted by Crippen LogP contribution is 2.37. The number of fused-ring (bicyclic) bond motifs is 1. The molecule has 28 heavy (non-hydrogen) atoms. The first-order chi connectivity index (χ1) is 13.0. The summed E-state index contributed by atoms with van der Waals surface area (Å²) in [5, 5.41) is 0. The molecule has 3 unspecified atom stereocenters. The molecule has 2 aliphatic rings. The Morgan fingerprint density at radius 3 is 2.39 bits per heavy atom. The van der Waals surface area contributed by atoms with E-state index < -0.39 is 9.84 Å². The van der Waals surface area contributed by atoms with Crippen molar-refractivity contribution in [2.45, 2.75) is 29.5 Å². The van der Waals surface area contributed by atoms with Crippen molar-refractivity contribution in [3.63, 3.8) is 0 Å². The zero-order chi connectivity index (χ0) is 19.0. The molecule has 1 saturated carbocycles. The number of halogens is 1. The lowest BCUT2D eigenvalue weighted by molar-refractivity contribution is 0.0779. The van der Waals surface area contributed by atoms with E-state index in [0.29, 0.717) is 29.5 Å². The summed E-state index contributed by atoms with van der Waals surface area (Å²) >= 11 is 0. The second-order valence-corrected chi connectivity index (χ2v) is 9.59. The second-order valence-electron chi connectivity index (χ2n) is 7.60. The van der Waals surface area contributed by atoms with Gasteiger partial charge < -0.3 is 10.6 Å². The van der Waals surface area contributed by atoms with E-state index in [-0.39, 0.29) is 35.0 Å². The van der Waals surface area contributed by atoms with E-state index in [0.717, 1.165) is 19.4 Å². The van der Waals surface area contributed by atoms with Crippen LogP contribution in [0.3, 0.4) is 0 Å². The Balaban J connectivity index is 0.00000225. The molecule has 2 fully saturated rings. The molecular formula is C21H25ClN2O3S. The van der Waals surface area contributed by atoms with Crippen molar-refractivity contribution in [3.05, 3.63) is 65.7 Å². The maximum Gasteiger partial charge on any atom is 0.254 e. The largest absolute Gasteiger partial charge is 0.338 e. The van der Waals surface area contributed by atoms with Gasteiger partial charge in [-0.3, -0.25) is 4.79 Å². The van der Waals surface area contributed by atoms with E-state index in [1.54, 1.807) is 54.6 Å². The zero-order valence-electron chi connectivity index (χ0n) is 15.5. The first-order valence-electron chi connectivity index (χ1n) is 9.36. The van der Waals surface area contributed by atoms with E-state index in [1.807, 2.05) is 4.90 Å². The number of hydrogen-bond acceptors (Lipinski definition) is 4. The first kappa shape index (κ1) is 20.8. The Morgan fingerprint density at radius 1 is 1.00 bits per heavy atom. The van der Waals surface area contributed by atoms with Crippen LogP contribution in [0.4, 0.5) is 0 Å². The number of carbonyl (C=O) groups excluding carboxylic acids is 1. The summed E-state index contributed by atoms with van der Waals surface area (Å²) < 4.78 is 25.5. The molecule has 1 heterocycles. The summed E-state index contributed by atoms with van der Waals surface area (Å²) in [7, 11) is -3.51. The minimum absolute atomic E-state index is 0. The molecule has 1 saturated heterocycles. The normalized spacial score (nSPS) is 23.9. The molecule has 1 aliphatic heterocycles. The van der Waals surface area contributed by atoms with Gasteiger partial charge in [0.2, 0.25) is 0 Å². The van der Waals surface area contributed by atoms with E-state index in [2.05, 4.69) is 0 Å². The molecule has 0 spiro atoms. The van der Waals surface area contributed by atoms with Gasteiger partial charge >= 0.3 is 0 Å². The SMILES string of the molecule is Cl.NC1CCC2CN(C(=O)c3ccccc3CS(=O)(=O)c3ccccc3)CC12. The molecule has 5 nitrogen and oxygen atoms in total. The minimum Gasteiger partial charge on any atom is -0.338 e. The fourth-order valence-electron chi connectivity index (χ4n) is 4.41. The maximum atomic E-state index is 13.1. The highest BCUT2D eigenvalue weighted by atomic mass is 35.5. The maximum absolute atomic E-state index is 13.1. The monoisotopic (exact) mass is 420 g/mol. The molecule has 7 heteroatoms. The highest BCUT2D eigenvalue weighted by molar-refractivity contribution is 7.90. The Labute approximate surface area is 172 Å². The van der Waals surface area contributed by atoms with Crippen molar-refractivity contribution in [2.75, 3.05) is 13.1 Å². The molecule has 0 radical (unpaired) electrons. The average Bonchev–Trinajstić information content (AvgIpc) is 3.24. The van der Waals surface area contributed by atoms with E-state index in [4.69, 9.17) is 5.73 Å². The third-order valence-electron chi connectivity index (χ3n) is 5.90. The number of rotatable bonds is 4. The summed E-state index contributed by atoms with van der Waals surface area (Å²) in [5.41, 5.74) is 7.21. The van der Waals surface area contributed by atoms with E-state index in [9.17, 15) is 13.2 Å². The van der Waals surface area contributed by atoms with Crippen molar-refractivity contribution < 1.29 is 13.2 Å². The smallest absolute Gasteiger partial charge is 0.254 e. The Morgan fingerprint density at radius 2 is 1.68 bits per heavy atom. The van der Waals surface area contributed by atoms with Crippen LogP contribution in [0.1, 0.15) is 28.8 Å². The third-order valence-corrected chi connectivity index (χ3v) is 7.58. The molecule has 0 bridgehead atoms. The van der Waals surface area contributed by atoms with Crippen LogP contribution in [0.15, 0.2) is 59.5 Å². The van der Waals surface area contributed by atoms with Gasteiger partial charge in [0.25, 0.3) is 5.91 Å². The molecule has 3 atom stereocenters. The summed E-state index contributed by atoms with van der Waals surface area (Å²) in [6.45, 7) is 1.39. The predicted molar refractivity (Wildman–Crippen MR) is 111 cm³/mol. The number of benzene rings is 2. The van der Waals surface area contributed by atoms with Gasteiger partial charge in [-0.05, 0) is 48.4 Å². The van der Waals surface area contributed by atoms with Gasteiger partial charge in [0, 0.05) is 24.7 Å². The Bertz CT molecular complexity index is 949. The molecular weight excluding hydrogens is 396 g/mol. The molecule has 150 valence electrons. The first-order valence-corrected chi connectivity index (χ1v) is 11.0. The molecule has 2 aromatic carbocycles. The van der Waals surface area contributed by atoms with Crippen LogP contribution < -0.4 is 5.73 Å². The van der Waals surface area contributed by atoms with Crippen molar-refractivity contribution >= 4 is 28.2 Å². The van der Waals surface area contributed by atoms with Gasteiger partial charge in [0.05, 0.1) is 10.6 Å². The molecule has 2 N–H and O–H groups in total. The molecule has 2 aromatic rings. The van der Waals surface area contributed by atoms with Crippen molar-refractivity contribution in [2.24, 2.45) is 17.6 Å². The number of sulfone groups is 1. The number of carbonyl (C=O) groups is 1. The fraction of sp³-hybridized carbons (Fsp3) is 0.381. The van der Waals surface area contributed by atoms with Crippen LogP contribution in [0.5, 0.6) is 0 Å². The molecule has 1 aliphatic carbocycles. The Hall–Kier alpha value is -1.89. The Kier molecular flexibility index (Phi) is 6.12. The number of nitrogens with two attached hydrogens (primary N) is 1.